The van der Waals surface area contributed by atoms with Gasteiger partial charge in [0.15, 0.2) is 0 Å². The van der Waals surface area contributed by atoms with Crippen molar-refractivity contribution in [3.63, 3.8) is 0 Å². The van der Waals surface area contributed by atoms with E-state index in [9.17, 15) is 9.50 Å². The van der Waals surface area contributed by atoms with Crippen molar-refractivity contribution in [2.45, 2.75) is 6.10 Å². The molecule has 0 saturated carbocycles. The third-order valence-electron chi connectivity index (χ3n) is 4.65. The number of aliphatic hydroxyl groups excluding tert-OH is 1. The predicted molar refractivity (Wildman–Crippen MR) is 92.6 cm³/mol. The van der Waals surface area contributed by atoms with E-state index in [2.05, 4.69) is 4.90 Å². The van der Waals surface area contributed by atoms with Gasteiger partial charge in [-0.3, -0.25) is 4.90 Å². The highest BCUT2D eigenvalue weighted by Crippen LogP contribution is 2.42. The van der Waals surface area contributed by atoms with Gasteiger partial charge in [-0.1, -0.05) is 30.3 Å². The van der Waals surface area contributed by atoms with Crippen molar-refractivity contribution in [2.24, 2.45) is 0 Å². The summed E-state index contributed by atoms with van der Waals surface area (Å²) in [6.07, 6.45) is -0.800. The fourth-order valence-electron chi connectivity index (χ4n) is 3.32. The Bertz CT molecular complexity index is 782. The monoisotopic (exact) mass is 341 g/mol. The van der Waals surface area contributed by atoms with Gasteiger partial charge in [-0.05, 0) is 23.8 Å². The van der Waals surface area contributed by atoms with E-state index in [1.54, 1.807) is 12.1 Å². The standard InChI is InChI=1S/C20H20FNO3/c21-15-7-5-14(6-8-15)19-18(13-22-9-11-24-12-10-22)25-17-4-2-1-3-16(17)20(19)23/h1-8,20,23H,9-13H2. The SMILES string of the molecule is OC1C(c2ccc(F)cc2)=C(CN2CCOCC2)Oc2ccccc21. The van der Waals surface area contributed by atoms with Crippen molar-refractivity contribution >= 4 is 5.57 Å². The average molecular weight is 341 g/mol. The van der Waals surface area contributed by atoms with E-state index < -0.39 is 6.10 Å². The molecule has 0 bridgehead atoms. The lowest BCUT2D eigenvalue weighted by atomic mass is 9.91. The minimum absolute atomic E-state index is 0.300. The summed E-state index contributed by atoms with van der Waals surface area (Å²) in [5, 5.41) is 11.0. The van der Waals surface area contributed by atoms with E-state index in [4.69, 9.17) is 9.47 Å². The summed E-state index contributed by atoms with van der Waals surface area (Å²) >= 11 is 0. The molecule has 0 radical (unpaired) electrons. The van der Waals surface area contributed by atoms with Crippen molar-refractivity contribution in [1.29, 1.82) is 0 Å². The van der Waals surface area contributed by atoms with Crippen molar-refractivity contribution in [3.8, 4) is 5.75 Å². The number of hydrogen-bond donors (Lipinski definition) is 1. The van der Waals surface area contributed by atoms with Crippen LogP contribution >= 0.6 is 0 Å². The lowest BCUT2D eigenvalue weighted by Gasteiger charge is -2.32. The molecule has 2 aromatic rings. The fourth-order valence-corrected chi connectivity index (χ4v) is 3.32. The quantitative estimate of drug-likeness (QED) is 0.932. The van der Waals surface area contributed by atoms with Crippen LogP contribution in [0.4, 0.5) is 4.39 Å². The zero-order valence-electron chi connectivity index (χ0n) is 13.8. The zero-order valence-corrected chi connectivity index (χ0v) is 13.8. The normalized spacial score (nSPS) is 21.0. The molecule has 4 rings (SSSR count). The number of halogens is 1. The molecule has 1 fully saturated rings. The van der Waals surface area contributed by atoms with Crippen molar-refractivity contribution < 1.29 is 19.0 Å². The lowest BCUT2D eigenvalue weighted by molar-refractivity contribution is 0.0381. The summed E-state index contributed by atoms with van der Waals surface area (Å²) in [5.41, 5.74) is 2.20. The van der Waals surface area contributed by atoms with Gasteiger partial charge in [0.25, 0.3) is 0 Å². The molecule has 2 aliphatic rings. The number of fused-ring (bicyclic) bond motifs is 1. The van der Waals surface area contributed by atoms with Crippen molar-refractivity contribution in [3.05, 3.63) is 71.2 Å². The number of para-hydroxylation sites is 1. The minimum Gasteiger partial charge on any atom is -0.460 e. The Morgan fingerprint density at radius 2 is 1.76 bits per heavy atom. The molecular weight excluding hydrogens is 321 g/mol. The first-order valence-electron chi connectivity index (χ1n) is 8.46. The molecule has 5 heteroatoms. The second-order valence-corrected chi connectivity index (χ2v) is 6.27. The molecule has 0 aliphatic carbocycles. The maximum Gasteiger partial charge on any atom is 0.133 e. The molecule has 2 aliphatic heterocycles. The van der Waals surface area contributed by atoms with E-state index in [0.717, 1.165) is 24.2 Å². The third-order valence-corrected chi connectivity index (χ3v) is 4.65. The average Bonchev–Trinajstić information content (AvgIpc) is 2.64. The topological polar surface area (TPSA) is 41.9 Å². The number of hydrogen-bond acceptors (Lipinski definition) is 4. The number of morpholine rings is 1. The summed E-state index contributed by atoms with van der Waals surface area (Å²) in [6, 6.07) is 13.7. The molecule has 130 valence electrons. The van der Waals surface area contributed by atoms with Crippen LogP contribution in [-0.4, -0.2) is 42.9 Å². The third kappa shape index (κ3) is 3.31. The first-order valence-corrected chi connectivity index (χ1v) is 8.46. The molecular formula is C20H20FNO3. The molecule has 0 amide bonds. The second kappa shape index (κ2) is 6.96. The van der Waals surface area contributed by atoms with Gasteiger partial charge in [0.1, 0.15) is 23.4 Å². The van der Waals surface area contributed by atoms with E-state index in [1.165, 1.54) is 12.1 Å². The first kappa shape index (κ1) is 16.3. The van der Waals surface area contributed by atoms with Crippen LogP contribution < -0.4 is 4.74 Å². The fraction of sp³-hybridized carbons (Fsp3) is 0.300. The van der Waals surface area contributed by atoms with Gasteiger partial charge in [0.05, 0.1) is 19.8 Å². The van der Waals surface area contributed by atoms with Crippen molar-refractivity contribution in [1.82, 2.24) is 4.90 Å². The summed E-state index contributed by atoms with van der Waals surface area (Å²) in [5.74, 6) is 1.08. The van der Waals surface area contributed by atoms with Crippen LogP contribution in [0, 0.1) is 5.82 Å². The number of nitrogens with zero attached hydrogens (tertiary/aromatic N) is 1. The molecule has 0 aromatic heterocycles. The molecule has 4 nitrogen and oxygen atoms in total. The number of benzene rings is 2. The van der Waals surface area contributed by atoms with Crippen LogP contribution in [0.5, 0.6) is 5.75 Å². The van der Waals surface area contributed by atoms with Crippen molar-refractivity contribution in [2.75, 3.05) is 32.8 Å². The highest BCUT2D eigenvalue weighted by atomic mass is 19.1. The summed E-state index contributed by atoms with van der Waals surface area (Å²) < 4.78 is 24.9. The maximum absolute atomic E-state index is 13.3. The van der Waals surface area contributed by atoms with Crippen LogP contribution in [0.2, 0.25) is 0 Å². The molecule has 1 N–H and O–H groups in total. The van der Waals surface area contributed by atoms with E-state index >= 15 is 0 Å². The Morgan fingerprint density at radius 3 is 2.52 bits per heavy atom. The Hall–Kier alpha value is -2.21. The molecule has 1 saturated heterocycles. The lowest BCUT2D eigenvalue weighted by Crippen LogP contribution is -2.39. The highest BCUT2D eigenvalue weighted by molar-refractivity contribution is 5.75. The van der Waals surface area contributed by atoms with Crippen LogP contribution in [-0.2, 0) is 4.74 Å². The number of ether oxygens (including phenoxy) is 2. The van der Waals surface area contributed by atoms with Gasteiger partial charge in [0, 0.05) is 24.2 Å². The molecule has 25 heavy (non-hydrogen) atoms. The second-order valence-electron chi connectivity index (χ2n) is 6.27. The Labute approximate surface area is 146 Å². The minimum atomic E-state index is -0.800. The molecule has 1 atom stereocenters. The summed E-state index contributed by atoms with van der Waals surface area (Å²) in [6.45, 7) is 3.61. The predicted octanol–water partition coefficient (Wildman–Crippen LogP) is 3.00. The molecule has 0 spiro atoms. The highest BCUT2D eigenvalue weighted by Gasteiger charge is 2.30. The molecule has 2 heterocycles. The van der Waals surface area contributed by atoms with Gasteiger partial charge in [-0.25, -0.2) is 4.39 Å². The Morgan fingerprint density at radius 1 is 1.04 bits per heavy atom. The summed E-state index contributed by atoms with van der Waals surface area (Å²) in [7, 11) is 0. The van der Waals surface area contributed by atoms with E-state index in [-0.39, 0.29) is 5.82 Å². The van der Waals surface area contributed by atoms with Gasteiger partial charge in [-0.15, -0.1) is 0 Å². The zero-order chi connectivity index (χ0) is 17.2. The summed E-state index contributed by atoms with van der Waals surface area (Å²) in [4.78, 5) is 2.24. The van der Waals surface area contributed by atoms with Gasteiger partial charge in [-0.2, -0.15) is 0 Å². The maximum atomic E-state index is 13.3. The van der Waals surface area contributed by atoms with E-state index in [0.29, 0.717) is 36.8 Å². The molecule has 2 aromatic carbocycles. The smallest absolute Gasteiger partial charge is 0.133 e. The Kier molecular flexibility index (Phi) is 4.53. The van der Waals surface area contributed by atoms with Crippen LogP contribution in [0.3, 0.4) is 0 Å². The van der Waals surface area contributed by atoms with Crippen LogP contribution in [0.1, 0.15) is 17.2 Å². The van der Waals surface area contributed by atoms with E-state index in [1.807, 2.05) is 24.3 Å². The van der Waals surface area contributed by atoms with Crippen LogP contribution in [0.15, 0.2) is 54.3 Å². The van der Waals surface area contributed by atoms with Crippen LogP contribution in [0.25, 0.3) is 5.57 Å². The Balaban J connectivity index is 1.74. The largest absolute Gasteiger partial charge is 0.460 e. The number of rotatable bonds is 3. The van der Waals surface area contributed by atoms with Gasteiger partial charge >= 0.3 is 0 Å². The van der Waals surface area contributed by atoms with Gasteiger partial charge < -0.3 is 14.6 Å². The molecule has 1 unspecified atom stereocenters. The number of aliphatic hydroxyl groups is 1. The first-order chi connectivity index (χ1) is 12.2. The van der Waals surface area contributed by atoms with Gasteiger partial charge in [0.2, 0.25) is 0 Å².